The first kappa shape index (κ1) is 10.8. The minimum Gasteiger partial charge on any atom is -0.476 e. The molecule has 2 rings (SSSR count). The number of anilines is 1. The van der Waals surface area contributed by atoms with Crippen LogP contribution in [0.5, 0.6) is 0 Å². The number of carboxylic acids is 1. The number of hydrogen-bond donors (Lipinski definition) is 2. The Morgan fingerprint density at radius 1 is 1.31 bits per heavy atom. The average molecular weight is 222 g/mol. The van der Waals surface area contributed by atoms with E-state index in [1.807, 2.05) is 0 Å². The summed E-state index contributed by atoms with van der Waals surface area (Å²) >= 11 is 0. The van der Waals surface area contributed by atoms with E-state index in [1.165, 1.54) is 6.07 Å². The number of aromatic carboxylic acids is 1. The van der Waals surface area contributed by atoms with Gasteiger partial charge >= 0.3 is 5.97 Å². The van der Waals surface area contributed by atoms with Crippen LogP contribution in [0.3, 0.4) is 0 Å². The molecule has 0 amide bonds. The Morgan fingerprint density at radius 2 is 2.19 bits per heavy atom. The van der Waals surface area contributed by atoms with Crippen molar-refractivity contribution < 1.29 is 9.90 Å². The van der Waals surface area contributed by atoms with Gasteiger partial charge in [-0.3, -0.25) is 0 Å². The van der Waals surface area contributed by atoms with Gasteiger partial charge in [-0.05, 0) is 25.1 Å². The molecule has 1 aliphatic rings. The fourth-order valence-electron chi connectivity index (χ4n) is 1.68. The van der Waals surface area contributed by atoms with Gasteiger partial charge in [-0.25, -0.2) is 4.79 Å². The van der Waals surface area contributed by atoms with Gasteiger partial charge in [0, 0.05) is 19.6 Å². The summed E-state index contributed by atoms with van der Waals surface area (Å²) in [4.78, 5) is 12.7. The van der Waals surface area contributed by atoms with Gasteiger partial charge in [-0.15, -0.1) is 10.2 Å². The van der Waals surface area contributed by atoms with Crippen molar-refractivity contribution in [3.8, 4) is 0 Å². The molecule has 1 aromatic rings. The summed E-state index contributed by atoms with van der Waals surface area (Å²) in [6.07, 6.45) is 1.06. The van der Waals surface area contributed by atoms with Crippen LogP contribution in [0.2, 0.25) is 0 Å². The van der Waals surface area contributed by atoms with Crippen molar-refractivity contribution >= 4 is 11.8 Å². The van der Waals surface area contributed by atoms with Crippen LogP contribution in [-0.4, -0.2) is 47.5 Å². The molecule has 0 radical (unpaired) electrons. The zero-order valence-corrected chi connectivity index (χ0v) is 8.89. The van der Waals surface area contributed by atoms with E-state index in [4.69, 9.17) is 5.11 Å². The molecule has 0 aliphatic carbocycles. The van der Waals surface area contributed by atoms with Gasteiger partial charge in [-0.1, -0.05) is 0 Å². The third kappa shape index (κ3) is 2.46. The molecule has 6 heteroatoms. The summed E-state index contributed by atoms with van der Waals surface area (Å²) in [5.74, 6) is -0.301. The lowest BCUT2D eigenvalue weighted by Gasteiger charge is -2.19. The molecule has 0 spiro atoms. The quantitative estimate of drug-likeness (QED) is 0.732. The lowest BCUT2D eigenvalue weighted by molar-refractivity contribution is 0.0689. The maximum Gasteiger partial charge on any atom is 0.356 e. The van der Waals surface area contributed by atoms with E-state index in [-0.39, 0.29) is 5.69 Å². The van der Waals surface area contributed by atoms with E-state index in [0.29, 0.717) is 0 Å². The molecular formula is C10H14N4O2. The van der Waals surface area contributed by atoms with Gasteiger partial charge in [0.25, 0.3) is 0 Å². The Balaban J connectivity index is 2.10. The van der Waals surface area contributed by atoms with Crippen LogP contribution in [0.15, 0.2) is 12.1 Å². The summed E-state index contributed by atoms with van der Waals surface area (Å²) in [6, 6.07) is 3.20. The zero-order valence-electron chi connectivity index (χ0n) is 8.89. The van der Waals surface area contributed by atoms with E-state index in [1.54, 1.807) is 6.07 Å². The molecule has 1 saturated heterocycles. The molecule has 2 heterocycles. The lowest BCUT2D eigenvalue weighted by Crippen LogP contribution is -2.28. The molecule has 2 N–H and O–H groups in total. The Morgan fingerprint density at radius 3 is 2.88 bits per heavy atom. The number of hydrogen-bond acceptors (Lipinski definition) is 5. The summed E-state index contributed by atoms with van der Waals surface area (Å²) in [6.45, 7) is 3.73. The first-order valence-electron chi connectivity index (χ1n) is 5.30. The fraction of sp³-hybridized carbons (Fsp3) is 0.500. The Labute approximate surface area is 93.3 Å². The molecule has 0 saturated carbocycles. The van der Waals surface area contributed by atoms with Gasteiger partial charge in [0.15, 0.2) is 11.5 Å². The van der Waals surface area contributed by atoms with Gasteiger partial charge in [0.1, 0.15) is 0 Å². The van der Waals surface area contributed by atoms with Crippen molar-refractivity contribution in [3.05, 3.63) is 17.8 Å². The maximum absolute atomic E-state index is 10.6. The second-order valence-electron chi connectivity index (χ2n) is 3.67. The van der Waals surface area contributed by atoms with Gasteiger partial charge in [0.05, 0.1) is 0 Å². The second kappa shape index (κ2) is 4.89. The molecule has 0 atom stereocenters. The highest BCUT2D eigenvalue weighted by Gasteiger charge is 2.12. The summed E-state index contributed by atoms with van der Waals surface area (Å²) in [5.41, 5.74) is -0.0169. The topological polar surface area (TPSA) is 78.4 Å². The average Bonchev–Trinajstić information content (AvgIpc) is 2.57. The highest BCUT2D eigenvalue weighted by atomic mass is 16.4. The van der Waals surface area contributed by atoms with Crippen LogP contribution >= 0.6 is 0 Å². The van der Waals surface area contributed by atoms with Crippen molar-refractivity contribution in [1.29, 1.82) is 0 Å². The van der Waals surface area contributed by atoms with Crippen molar-refractivity contribution in [2.24, 2.45) is 0 Å². The van der Waals surface area contributed by atoms with Gasteiger partial charge in [-0.2, -0.15) is 0 Å². The van der Waals surface area contributed by atoms with Crippen LogP contribution < -0.4 is 10.2 Å². The standard InChI is InChI=1S/C10H14N4O2/c15-10(16)8-2-3-9(13-12-8)14-6-1-4-11-5-7-14/h2-3,11H,1,4-7H2,(H,15,16). The third-order valence-electron chi connectivity index (χ3n) is 2.53. The van der Waals surface area contributed by atoms with Crippen LogP contribution in [0.4, 0.5) is 5.82 Å². The lowest BCUT2D eigenvalue weighted by atomic mass is 10.3. The molecule has 0 unspecified atom stereocenters. The minimum absolute atomic E-state index is 0.0169. The van der Waals surface area contributed by atoms with E-state index in [2.05, 4.69) is 20.4 Å². The number of nitrogens with zero attached hydrogens (tertiary/aromatic N) is 3. The van der Waals surface area contributed by atoms with Crippen molar-refractivity contribution in [2.75, 3.05) is 31.1 Å². The van der Waals surface area contributed by atoms with Crippen molar-refractivity contribution in [3.63, 3.8) is 0 Å². The molecule has 1 fully saturated rings. The second-order valence-corrected chi connectivity index (χ2v) is 3.67. The Kier molecular flexibility index (Phi) is 3.31. The Hall–Kier alpha value is -1.69. The van der Waals surface area contributed by atoms with E-state index in [0.717, 1.165) is 38.4 Å². The summed E-state index contributed by atoms with van der Waals surface area (Å²) in [5, 5.41) is 19.6. The third-order valence-corrected chi connectivity index (χ3v) is 2.53. The number of rotatable bonds is 2. The van der Waals surface area contributed by atoms with Crippen LogP contribution in [-0.2, 0) is 0 Å². The largest absolute Gasteiger partial charge is 0.476 e. The van der Waals surface area contributed by atoms with Crippen molar-refractivity contribution in [2.45, 2.75) is 6.42 Å². The monoisotopic (exact) mass is 222 g/mol. The molecule has 86 valence electrons. The molecule has 16 heavy (non-hydrogen) atoms. The molecule has 1 aromatic heterocycles. The van der Waals surface area contributed by atoms with Crippen molar-refractivity contribution in [1.82, 2.24) is 15.5 Å². The van der Waals surface area contributed by atoms with E-state index in [9.17, 15) is 4.79 Å². The molecule has 0 bridgehead atoms. The molecule has 1 aliphatic heterocycles. The number of carboxylic acid groups (broad SMARTS) is 1. The highest BCUT2D eigenvalue weighted by Crippen LogP contribution is 2.10. The Bertz CT molecular complexity index is 358. The van der Waals surface area contributed by atoms with E-state index < -0.39 is 5.97 Å². The first-order valence-corrected chi connectivity index (χ1v) is 5.30. The molecule has 0 aromatic carbocycles. The van der Waals surface area contributed by atoms with E-state index >= 15 is 0 Å². The fourth-order valence-corrected chi connectivity index (χ4v) is 1.68. The van der Waals surface area contributed by atoms with Crippen LogP contribution in [0.25, 0.3) is 0 Å². The number of nitrogens with one attached hydrogen (secondary N) is 1. The number of aromatic nitrogens is 2. The summed E-state index contributed by atoms with van der Waals surface area (Å²) in [7, 11) is 0. The smallest absolute Gasteiger partial charge is 0.356 e. The van der Waals surface area contributed by atoms with Crippen LogP contribution in [0.1, 0.15) is 16.9 Å². The summed E-state index contributed by atoms with van der Waals surface area (Å²) < 4.78 is 0. The highest BCUT2D eigenvalue weighted by molar-refractivity contribution is 5.85. The first-order chi connectivity index (χ1) is 7.77. The maximum atomic E-state index is 10.6. The van der Waals surface area contributed by atoms with Gasteiger partial charge < -0.3 is 15.3 Å². The predicted molar refractivity (Wildman–Crippen MR) is 58.7 cm³/mol. The SMILES string of the molecule is O=C(O)c1ccc(N2CCCNCC2)nn1. The number of carbonyl (C=O) groups is 1. The normalized spacial score (nSPS) is 16.9. The minimum atomic E-state index is -1.04. The molecule has 6 nitrogen and oxygen atoms in total. The zero-order chi connectivity index (χ0) is 11.4. The van der Waals surface area contributed by atoms with Gasteiger partial charge in [0.2, 0.25) is 0 Å². The molecular weight excluding hydrogens is 208 g/mol. The van der Waals surface area contributed by atoms with Crippen LogP contribution in [0, 0.1) is 0 Å². The predicted octanol–water partition coefficient (Wildman–Crippen LogP) is -0.0255.